The van der Waals surface area contributed by atoms with Gasteiger partial charge in [-0.2, -0.15) is 0 Å². The highest BCUT2D eigenvalue weighted by molar-refractivity contribution is 7.10. The Hall–Kier alpha value is -2.96. The Balaban J connectivity index is 1.43. The predicted molar refractivity (Wildman–Crippen MR) is 125 cm³/mol. The standard InChI is InChI=1S/C25H27N3O2S/c1-17-7-5-10-21(18(17)2)27-25(30)24(29)26-15-22(23-11-6-14-31-23)28-13-12-19-8-3-4-9-20(19)16-28/h3-11,14,22H,12-13,15-16H2,1-2H3,(H,26,29)(H,27,30)/t22-/m1/s1. The van der Waals surface area contributed by atoms with Crippen LogP contribution in [0, 0.1) is 13.8 Å². The summed E-state index contributed by atoms with van der Waals surface area (Å²) in [5, 5.41) is 7.65. The summed E-state index contributed by atoms with van der Waals surface area (Å²) in [6, 6.07) is 18.3. The SMILES string of the molecule is Cc1cccc(NC(=O)C(=O)NC[C@H](c2cccs2)N2CCc3ccccc3C2)c1C. The largest absolute Gasteiger partial charge is 0.346 e. The molecular formula is C25H27N3O2S. The molecule has 1 atom stereocenters. The number of carbonyl (C=O) groups excluding carboxylic acids is 2. The zero-order valence-electron chi connectivity index (χ0n) is 17.9. The molecule has 0 bridgehead atoms. The summed E-state index contributed by atoms with van der Waals surface area (Å²) in [5.74, 6) is -1.25. The number of benzene rings is 2. The lowest BCUT2D eigenvalue weighted by atomic mass is 9.98. The fourth-order valence-corrected chi connectivity index (χ4v) is 4.87. The van der Waals surface area contributed by atoms with Gasteiger partial charge in [-0.05, 0) is 60.0 Å². The minimum absolute atomic E-state index is 0.0332. The maximum Gasteiger partial charge on any atom is 0.313 e. The molecule has 0 fully saturated rings. The number of anilines is 1. The number of hydrogen-bond donors (Lipinski definition) is 2. The fourth-order valence-electron chi connectivity index (χ4n) is 4.01. The Kier molecular flexibility index (Phi) is 6.49. The molecule has 31 heavy (non-hydrogen) atoms. The van der Waals surface area contributed by atoms with E-state index in [-0.39, 0.29) is 6.04 Å². The van der Waals surface area contributed by atoms with Gasteiger partial charge in [0.2, 0.25) is 0 Å². The van der Waals surface area contributed by atoms with Gasteiger partial charge < -0.3 is 10.6 Å². The maximum absolute atomic E-state index is 12.6. The minimum Gasteiger partial charge on any atom is -0.346 e. The van der Waals surface area contributed by atoms with Gasteiger partial charge in [0.25, 0.3) is 0 Å². The molecule has 6 heteroatoms. The highest BCUT2D eigenvalue weighted by atomic mass is 32.1. The zero-order valence-corrected chi connectivity index (χ0v) is 18.7. The van der Waals surface area contributed by atoms with Gasteiger partial charge in [0, 0.05) is 30.2 Å². The van der Waals surface area contributed by atoms with Gasteiger partial charge in [0.15, 0.2) is 0 Å². The van der Waals surface area contributed by atoms with E-state index in [0.29, 0.717) is 12.2 Å². The third-order valence-electron chi connectivity index (χ3n) is 5.99. The van der Waals surface area contributed by atoms with Crippen molar-refractivity contribution in [2.45, 2.75) is 32.9 Å². The molecule has 1 aromatic heterocycles. The quantitative estimate of drug-likeness (QED) is 0.593. The first kappa shape index (κ1) is 21.3. The first-order valence-corrected chi connectivity index (χ1v) is 11.4. The molecule has 160 valence electrons. The Morgan fingerprint density at radius 2 is 1.81 bits per heavy atom. The highest BCUT2D eigenvalue weighted by Crippen LogP contribution is 2.30. The van der Waals surface area contributed by atoms with Crippen LogP contribution in [0.25, 0.3) is 0 Å². The molecule has 0 unspecified atom stereocenters. The molecule has 0 radical (unpaired) electrons. The number of carbonyl (C=O) groups is 2. The van der Waals surface area contributed by atoms with Crippen LogP contribution in [0.3, 0.4) is 0 Å². The van der Waals surface area contributed by atoms with Crippen LogP contribution in [0.5, 0.6) is 0 Å². The molecule has 4 rings (SSSR count). The van der Waals surface area contributed by atoms with Crippen molar-refractivity contribution < 1.29 is 9.59 Å². The van der Waals surface area contributed by atoms with Crippen LogP contribution < -0.4 is 10.6 Å². The molecule has 0 aliphatic carbocycles. The van der Waals surface area contributed by atoms with E-state index >= 15 is 0 Å². The van der Waals surface area contributed by atoms with Gasteiger partial charge in [-0.3, -0.25) is 14.5 Å². The van der Waals surface area contributed by atoms with Crippen molar-refractivity contribution in [2.75, 3.05) is 18.4 Å². The summed E-state index contributed by atoms with van der Waals surface area (Å²) in [6.07, 6.45) is 0.985. The first-order chi connectivity index (χ1) is 15.0. The second-order valence-corrected chi connectivity index (χ2v) is 8.91. The van der Waals surface area contributed by atoms with E-state index in [1.54, 1.807) is 11.3 Å². The van der Waals surface area contributed by atoms with Crippen LogP contribution in [0.15, 0.2) is 60.0 Å². The van der Waals surface area contributed by atoms with Crippen LogP contribution in [0.1, 0.15) is 33.2 Å². The molecule has 0 saturated carbocycles. The molecular weight excluding hydrogens is 406 g/mol. The Morgan fingerprint density at radius 3 is 2.58 bits per heavy atom. The lowest BCUT2D eigenvalue weighted by Gasteiger charge is -2.35. The van der Waals surface area contributed by atoms with Gasteiger partial charge in [0.05, 0.1) is 6.04 Å². The number of nitrogens with one attached hydrogen (secondary N) is 2. The first-order valence-electron chi connectivity index (χ1n) is 10.5. The van der Waals surface area contributed by atoms with Gasteiger partial charge in [-0.15, -0.1) is 11.3 Å². The maximum atomic E-state index is 12.6. The van der Waals surface area contributed by atoms with Crippen molar-refractivity contribution in [1.82, 2.24) is 10.2 Å². The van der Waals surface area contributed by atoms with Crippen molar-refractivity contribution in [3.05, 3.63) is 87.1 Å². The molecule has 0 spiro atoms. The second kappa shape index (κ2) is 9.45. The average molecular weight is 434 g/mol. The molecule has 2 heterocycles. The smallest absolute Gasteiger partial charge is 0.313 e. The zero-order chi connectivity index (χ0) is 21.8. The number of thiophene rings is 1. The highest BCUT2D eigenvalue weighted by Gasteiger charge is 2.27. The van der Waals surface area contributed by atoms with E-state index in [2.05, 4.69) is 51.2 Å². The number of nitrogens with zero attached hydrogens (tertiary/aromatic N) is 1. The van der Waals surface area contributed by atoms with Gasteiger partial charge in [0.1, 0.15) is 0 Å². The summed E-state index contributed by atoms with van der Waals surface area (Å²) in [5.41, 5.74) is 5.42. The van der Waals surface area contributed by atoms with Crippen molar-refractivity contribution in [3.8, 4) is 0 Å². The van der Waals surface area contributed by atoms with E-state index in [9.17, 15) is 9.59 Å². The average Bonchev–Trinajstić information content (AvgIpc) is 3.31. The fraction of sp³-hybridized carbons (Fsp3) is 0.280. The Labute approximate surface area is 187 Å². The third kappa shape index (κ3) is 4.86. The topological polar surface area (TPSA) is 61.4 Å². The molecule has 1 aliphatic rings. The molecule has 1 aliphatic heterocycles. The summed E-state index contributed by atoms with van der Waals surface area (Å²) in [6.45, 7) is 6.06. The normalized spacial score (nSPS) is 14.5. The van der Waals surface area contributed by atoms with Gasteiger partial charge >= 0.3 is 11.8 Å². The van der Waals surface area contributed by atoms with Gasteiger partial charge in [-0.1, -0.05) is 42.5 Å². The van der Waals surface area contributed by atoms with E-state index in [0.717, 1.165) is 30.6 Å². The molecule has 2 aromatic carbocycles. The molecule has 2 N–H and O–H groups in total. The molecule has 2 amide bonds. The summed E-state index contributed by atoms with van der Waals surface area (Å²) < 4.78 is 0. The van der Waals surface area contributed by atoms with Crippen LogP contribution in [-0.2, 0) is 22.6 Å². The van der Waals surface area contributed by atoms with Crippen molar-refractivity contribution >= 4 is 28.8 Å². The van der Waals surface area contributed by atoms with E-state index < -0.39 is 11.8 Å². The number of rotatable bonds is 5. The Bertz CT molecular complexity index is 1080. The van der Waals surface area contributed by atoms with E-state index in [1.165, 1.54) is 16.0 Å². The number of aryl methyl sites for hydroxylation is 1. The lowest BCUT2D eigenvalue weighted by Crippen LogP contribution is -2.43. The van der Waals surface area contributed by atoms with Crippen LogP contribution >= 0.6 is 11.3 Å². The number of fused-ring (bicyclic) bond motifs is 1. The van der Waals surface area contributed by atoms with E-state index in [4.69, 9.17) is 0 Å². The molecule has 0 saturated heterocycles. The van der Waals surface area contributed by atoms with Crippen LogP contribution in [0.4, 0.5) is 5.69 Å². The van der Waals surface area contributed by atoms with Crippen molar-refractivity contribution in [2.24, 2.45) is 0 Å². The molecule has 3 aromatic rings. The van der Waals surface area contributed by atoms with Gasteiger partial charge in [-0.25, -0.2) is 0 Å². The summed E-state index contributed by atoms with van der Waals surface area (Å²) in [4.78, 5) is 28.6. The second-order valence-electron chi connectivity index (χ2n) is 7.93. The van der Waals surface area contributed by atoms with Crippen molar-refractivity contribution in [3.63, 3.8) is 0 Å². The molecule has 5 nitrogen and oxygen atoms in total. The van der Waals surface area contributed by atoms with Crippen LogP contribution in [-0.4, -0.2) is 29.8 Å². The third-order valence-corrected chi connectivity index (χ3v) is 6.96. The number of hydrogen-bond acceptors (Lipinski definition) is 4. The predicted octanol–water partition coefficient (Wildman–Crippen LogP) is 4.22. The minimum atomic E-state index is -0.636. The lowest BCUT2D eigenvalue weighted by molar-refractivity contribution is -0.136. The Morgan fingerprint density at radius 1 is 1.00 bits per heavy atom. The summed E-state index contributed by atoms with van der Waals surface area (Å²) in [7, 11) is 0. The van der Waals surface area contributed by atoms with Crippen molar-refractivity contribution in [1.29, 1.82) is 0 Å². The monoisotopic (exact) mass is 433 g/mol. The van der Waals surface area contributed by atoms with Crippen LogP contribution in [0.2, 0.25) is 0 Å². The summed E-state index contributed by atoms with van der Waals surface area (Å²) >= 11 is 1.68. The van der Waals surface area contributed by atoms with E-state index in [1.807, 2.05) is 38.1 Å². The number of amides is 2.